The Balaban J connectivity index is 2.37. The third kappa shape index (κ3) is 5.04. The van der Waals surface area contributed by atoms with Gasteiger partial charge in [-0.05, 0) is 26.2 Å². The van der Waals surface area contributed by atoms with Gasteiger partial charge >= 0.3 is 0 Å². The van der Waals surface area contributed by atoms with Crippen molar-refractivity contribution in [2.45, 2.75) is 70.6 Å². The molecule has 1 aliphatic rings. The molecule has 1 saturated carbocycles. The summed E-state index contributed by atoms with van der Waals surface area (Å²) >= 11 is 0. The van der Waals surface area contributed by atoms with Gasteiger partial charge in [0.25, 0.3) is 0 Å². The maximum Gasteiger partial charge on any atom is 0.236 e. The van der Waals surface area contributed by atoms with Crippen molar-refractivity contribution >= 4 is 5.91 Å². The smallest absolute Gasteiger partial charge is 0.236 e. The van der Waals surface area contributed by atoms with Crippen LogP contribution < -0.4 is 10.6 Å². The summed E-state index contributed by atoms with van der Waals surface area (Å²) in [6.45, 7) is 4.62. The van der Waals surface area contributed by atoms with Crippen LogP contribution >= 0.6 is 0 Å². The van der Waals surface area contributed by atoms with E-state index >= 15 is 0 Å². The van der Waals surface area contributed by atoms with E-state index in [9.17, 15) is 9.90 Å². The van der Waals surface area contributed by atoms with E-state index in [2.05, 4.69) is 10.6 Å². The SMILES string of the molecule is CCCNC(=O)C(C)NC1CCCCCC1O. The molecule has 4 heteroatoms. The third-order valence-electron chi connectivity index (χ3n) is 3.39. The molecule has 0 bridgehead atoms. The molecule has 100 valence electrons. The van der Waals surface area contributed by atoms with Crippen LogP contribution in [0.4, 0.5) is 0 Å². The lowest BCUT2D eigenvalue weighted by Gasteiger charge is -2.25. The first-order valence-corrected chi connectivity index (χ1v) is 6.87. The molecule has 0 radical (unpaired) electrons. The molecular formula is C13H26N2O2. The van der Waals surface area contributed by atoms with Crippen LogP contribution in [0.5, 0.6) is 0 Å². The monoisotopic (exact) mass is 242 g/mol. The summed E-state index contributed by atoms with van der Waals surface area (Å²) in [5, 5.41) is 16.1. The largest absolute Gasteiger partial charge is 0.392 e. The van der Waals surface area contributed by atoms with Crippen LogP contribution in [-0.2, 0) is 4.79 Å². The highest BCUT2D eigenvalue weighted by molar-refractivity contribution is 5.81. The standard InChI is InChI=1S/C13H26N2O2/c1-3-9-14-13(17)10(2)15-11-7-5-4-6-8-12(11)16/h10-12,15-16H,3-9H2,1-2H3,(H,14,17). The molecule has 1 aliphatic carbocycles. The Bertz CT molecular complexity index is 233. The second kappa shape index (κ2) is 7.67. The fraction of sp³-hybridized carbons (Fsp3) is 0.923. The van der Waals surface area contributed by atoms with Crippen molar-refractivity contribution in [2.75, 3.05) is 6.54 Å². The molecule has 0 spiro atoms. The van der Waals surface area contributed by atoms with Crippen molar-refractivity contribution < 1.29 is 9.90 Å². The van der Waals surface area contributed by atoms with Crippen LogP contribution in [0.25, 0.3) is 0 Å². The minimum atomic E-state index is -0.307. The van der Waals surface area contributed by atoms with Crippen molar-refractivity contribution in [3.8, 4) is 0 Å². The average Bonchev–Trinajstić information content (AvgIpc) is 2.52. The minimum absolute atomic E-state index is 0.0308. The summed E-state index contributed by atoms with van der Waals surface area (Å²) < 4.78 is 0. The minimum Gasteiger partial charge on any atom is -0.392 e. The van der Waals surface area contributed by atoms with Gasteiger partial charge in [-0.2, -0.15) is 0 Å². The number of nitrogens with one attached hydrogen (secondary N) is 2. The van der Waals surface area contributed by atoms with Crippen LogP contribution in [0, 0.1) is 0 Å². The van der Waals surface area contributed by atoms with Gasteiger partial charge in [-0.25, -0.2) is 0 Å². The van der Waals surface area contributed by atoms with E-state index in [1.54, 1.807) is 0 Å². The van der Waals surface area contributed by atoms with Crippen LogP contribution in [0.15, 0.2) is 0 Å². The van der Waals surface area contributed by atoms with Crippen LogP contribution in [-0.4, -0.2) is 35.7 Å². The van der Waals surface area contributed by atoms with Gasteiger partial charge in [-0.15, -0.1) is 0 Å². The molecule has 0 aromatic rings. The molecule has 3 N–H and O–H groups in total. The second-order valence-corrected chi connectivity index (χ2v) is 4.99. The molecule has 3 unspecified atom stereocenters. The Morgan fingerprint density at radius 3 is 2.76 bits per heavy atom. The van der Waals surface area contributed by atoms with Crippen molar-refractivity contribution in [1.82, 2.24) is 10.6 Å². The molecule has 0 aromatic heterocycles. The van der Waals surface area contributed by atoms with E-state index in [1.807, 2.05) is 13.8 Å². The maximum atomic E-state index is 11.7. The van der Waals surface area contributed by atoms with E-state index in [4.69, 9.17) is 0 Å². The highest BCUT2D eigenvalue weighted by Crippen LogP contribution is 2.18. The van der Waals surface area contributed by atoms with Gasteiger partial charge in [0, 0.05) is 12.6 Å². The lowest BCUT2D eigenvalue weighted by Crippen LogP contribution is -2.50. The van der Waals surface area contributed by atoms with E-state index in [0.717, 1.165) is 38.6 Å². The summed E-state index contributed by atoms with van der Waals surface area (Å²) in [6, 6.07) is -0.154. The van der Waals surface area contributed by atoms with Gasteiger partial charge in [0.2, 0.25) is 5.91 Å². The Labute approximate surface area is 104 Å². The zero-order valence-electron chi connectivity index (χ0n) is 11.0. The average molecular weight is 242 g/mol. The number of hydrogen-bond donors (Lipinski definition) is 3. The highest BCUT2D eigenvalue weighted by atomic mass is 16.3. The van der Waals surface area contributed by atoms with Gasteiger partial charge in [0.1, 0.15) is 0 Å². The Morgan fingerprint density at radius 2 is 2.06 bits per heavy atom. The summed E-state index contributed by atoms with van der Waals surface area (Å²) in [7, 11) is 0. The quantitative estimate of drug-likeness (QED) is 0.635. The molecule has 1 amide bonds. The Kier molecular flexibility index (Phi) is 6.52. The first kappa shape index (κ1) is 14.5. The number of aliphatic hydroxyl groups is 1. The fourth-order valence-corrected chi connectivity index (χ4v) is 2.28. The van der Waals surface area contributed by atoms with Crippen LogP contribution in [0.1, 0.15) is 52.4 Å². The van der Waals surface area contributed by atoms with Gasteiger partial charge in [0.05, 0.1) is 12.1 Å². The Hall–Kier alpha value is -0.610. The summed E-state index contributed by atoms with van der Waals surface area (Å²) in [4.78, 5) is 11.7. The van der Waals surface area contributed by atoms with Crippen molar-refractivity contribution in [2.24, 2.45) is 0 Å². The Morgan fingerprint density at radius 1 is 1.35 bits per heavy atom. The predicted molar refractivity (Wildman–Crippen MR) is 68.8 cm³/mol. The summed E-state index contributed by atoms with van der Waals surface area (Å²) in [5.74, 6) is 0.0308. The molecule has 0 aliphatic heterocycles. The van der Waals surface area contributed by atoms with Crippen molar-refractivity contribution in [3.05, 3.63) is 0 Å². The number of aliphatic hydroxyl groups excluding tert-OH is 1. The molecule has 17 heavy (non-hydrogen) atoms. The molecule has 0 aromatic carbocycles. The van der Waals surface area contributed by atoms with Crippen LogP contribution in [0.2, 0.25) is 0 Å². The molecule has 0 saturated heterocycles. The molecule has 1 rings (SSSR count). The number of amides is 1. The van der Waals surface area contributed by atoms with Gasteiger partial charge in [-0.1, -0.05) is 26.2 Å². The van der Waals surface area contributed by atoms with E-state index in [-0.39, 0.29) is 24.1 Å². The lowest BCUT2D eigenvalue weighted by atomic mass is 10.1. The van der Waals surface area contributed by atoms with Crippen LogP contribution in [0.3, 0.4) is 0 Å². The summed E-state index contributed by atoms with van der Waals surface area (Å²) in [6.07, 6.45) is 5.87. The highest BCUT2D eigenvalue weighted by Gasteiger charge is 2.24. The number of hydrogen-bond acceptors (Lipinski definition) is 3. The van der Waals surface area contributed by atoms with E-state index in [0.29, 0.717) is 0 Å². The fourth-order valence-electron chi connectivity index (χ4n) is 2.28. The number of rotatable bonds is 5. The second-order valence-electron chi connectivity index (χ2n) is 4.99. The van der Waals surface area contributed by atoms with E-state index < -0.39 is 0 Å². The molecule has 0 heterocycles. The molecule has 4 nitrogen and oxygen atoms in total. The van der Waals surface area contributed by atoms with Crippen molar-refractivity contribution in [3.63, 3.8) is 0 Å². The normalized spacial score (nSPS) is 27.2. The van der Waals surface area contributed by atoms with Gasteiger partial charge in [0.15, 0.2) is 0 Å². The topological polar surface area (TPSA) is 61.4 Å². The first-order valence-electron chi connectivity index (χ1n) is 6.87. The maximum absolute atomic E-state index is 11.7. The molecule has 3 atom stereocenters. The molecule has 1 fully saturated rings. The number of carbonyl (C=O) groups is 1. The van der Waals surface area contributed by atoms with Crippen molar-refractivity contribution in [1.29, 1.82) is 0 Å². The zero-order chi connectivity index (χ0) is 12.7. The zero-order valence-corrected chi connectivity index (χ0v) is 11.0. The van der Waals surface area contributed by atoms with E-state index in [1.165, 1.54) is 6.42 Å². The number of carbonyl (C=O) groups excluding carboxylic acids is 1. The lowest BCUT2D eigenvalue weighted by molar-refractivity contribution is -0.123. The molecular weight excluding hydrogens is 216 g/mol. The van der Waals surface area contributed by atoms with Gasteiger partial charge < -0.3 is 15.7 Å². The van der Waals surface area contributed by atoms with Gasteiger partial charge in [-0.3, -0.25) is 4.79 Å². The summed E-state index contributed by atoms with van der Waals surface area (Å²) in [5.41, 5.74) is 0. The predicted octanol–water partition coefficient (Wildman–Crippen LogP) is 1.18. The third-order valence-corrected chi connectivity index (χ3v) is 3.39. The first-order chi connectivity index (χ1) is 8.15.